The molecule has 38 heavy (non-hydrogen) atoms. The van der Waals surface area contributed by atoms with E-state index in [2.05, 4.69) is 10.0 Å². The Balaban J connectivity index is 1.59. The van der Waals surface area contributed by atoms with E-state index in [1.807, 2.05) is 91.0 Å². The van der Waals surface area contributed by atoms with Gasteiger partial charge in [0.1, 0.15) is 12.1 Å². The van der Waals surface area contributed by atoms with Gasteiger partial charge in [0.25, 0.3) is 0 Å². The maximum Gasteiger partial charge on any atom is 0.302 e. The largest absolute Gasteiger partial charge is 0.462 e. The highest BCUT2D eigenvalue weighted by atomic mass is 16.6. The fourth-order valence-corrected chi connectivity index (χ4v) is 4.80. The first kappa shape index (κ1) is 27.4. The van der Waals surface area contributed by atoms with Gasteiger partial charge in [0.05, 0.1) is 38.6 Å². The van der Waals surface area contributed by atoms with Crippen LogP contribution in [0.4, 0.5) is 0 Å². The fraction of sp³-hybridized carbons (Fsp3) is 0.367. The van der Waals surface area contributed by atoms with Gasteiger partial charge in [-0.05, 0) is 28.6 Å². The van der Waals surface area contributed by atoms with Crippen LogP contribution in [0.1, 0.15) is 30.0 Å². The summed E-state index contributed by atoms with van der Waals surface area (Å²) in [6.07, 6.45) is -1.36. The number of hydrogen-bond donors (Lipinski definition) is 0. The van der Waals surface area contributed by atoms with E-state index < -0.39 is 30.3 Å². The minimum atomic E-state index is -0.751. The van der Waals surface area contributed by atoms with E-state index in [0.717, 1.165) is 16.7 Å². The highest BCUT2D eigenvalue weighted by Crippen LogP contribution is 2.35. The average molecular weight is 516 g/mol. The molecule has 4 rings (SSSR count). The normalized spacial score (nSPS) is 22.8. The molecule has 0 N–H and O–H groups in total. The molecule has 0 saturated heterocycles. The Labute approximate surface area is 223 Å². The maximum absolute atomic E-state index is 12.0. The van der Waals surface area contributed by atoms with Crippen molar-refractivity contribution in [2.75, 3.05) is 6.61 Å². The highest BCUT2D eigenvalue weighted by Gasteiger charge is 2.47. The summed E-state index contributed by atoms with van der Waals surface area (Å²) in [5, 5.41) is 4.04. The van der Waals surface area contributed by atoms with Crippen molar-refractivity contribution < 1.29 is 23.7 Å². The van der Waals surface area contributed by atoms with Crippen molar-refractivity contribution in [2.24, 2.45) is 11.0 Å². The zero-order valence-corrected chi connectivity index (χ0v) is 21.5. The number of azide groups is 1. The first-order chi connectivity index (χ1) is 18.6. The number of carbonyl (C=O) groups is 1. The van der Waals surface area contributed by atoms with Crippen LogP contribution in [0, 0.1) is 5.92 Å². The zero-order chi connectivity index (χ0) is 26.6. The molecule has 3 aromatic rings. The molecule has 8 nitrogen and oxygen atoms in total. The number of ether oxygens (including phenoxy) is 4. The molecule has 0 spiro atoms. The molecule has 1 aliphatic rings. The van der Waals surface area contributed by atoms with Gasteiger partial charge in [0.15, 0.2) is 0 Å². The predicted octanol–water partition coefficient (Wildman–Crippen LogP) is 6.00. The molecular weight excluding hydrogens is 482 g/mol. The Kier molecular flexibility index (Phi) is 10.3. The predicted molar refractivity (Wildman–Crippen MR) is 143 cm³/mol. The Hall–Kier alpha value is -3.68. The number of hydrogen-bond acceptors (Lipinski definition) is 6. The molecule has 3 aromatic carbocycles. The molecule has 8 heteroatoms. The molecule has 1 fully saturated rings. The smallest absolute Gasteiger partial charge is 0.302 e. The van der Waals surface area contributed by atoms with Crippen molar-refractivity contribution in [3.8, 4) is 0 Å². The van der Waals surface area contributed by atoms with Crippen molar-refractivity contribution in [2.45, 2.75) is 57.5 Å². The number of rotatable bonds is 12. The van der Waals surface area contributed by atoms with Crippen LogP contribution >= 0.6 is 0 Å². The number of carbonyl (C=O) groups excluding carboxylic acids is 1. The Bertz CT molecular complexity index is 1170. The lowest BCUT2D eigenvalue weighted by molar-refractivity contribution is -0.184. The van der Waals surface area contributed by atoms with Gasteiger partial charge < -0.3 is 18.9 Å². The van der Waals surface area contributed by atoms with Crippen molar-refractivity contribution in [3.05, 3.63) is 118 Å². The van der Waals surface area contributed by atoms with Crippen molar-refractivity contribution in [1.82, 2.24) is 0 Å². The topological polar surface area (TPSA) is 103 Å². The van der Waals surface area contributed by atoms with Gasteiger partial charge in [-0.25, -0.2) is 0 Å². The van der Waals surface area contributed by atoms with E-state index in [4.69, 9.17) is 18.9 Å². The standard InChI is InChI=1S/C30H33N3O5/c1-22(34)38-27-17-26(21-35-18-23-11-5-2-6-12-23)29(36-19-24-13-7-3-8-14-24)30(28(27)32-33-31)37-20-25-15-9-4-10-16-25/h2-16,26-30H,17-21H2,1H3/t26-,27-,28+,29-,30-/m1/s1. The van der Waals surface area contributed by atoms with Gasteiger partial charge in [0, 0.05) is 17.8 Å². The van der Waals surface area contributed by atoms with Crippen LogP contribution in [-0.4, -0.2) is 36.9 Å². The van der Waals surface area contributed by atoms with Crippen LogP contribution in [0.3, 0.4) is 0 Å². The van der Waals surface area contributed by atoms with Crippen LogP contribution in [0.25, 0.3) is 10.4 Å². The molecule has 0 amide bonds. The molecule has 0 aliphatic heterocycles. The fourth-order valence-electron chi connectivity index (χ4n) is 4.80. The Morgan fingerprint density at radius 1 is 0.816 bits per heavy atom. The molecule has 0 aromatic heterocycles. The second-order valence-electron chi connectivity index (χ2n) is 9.36. The number of benzene rings is 3. The van der Waals surface area contributed by atoms with Crippen LogP contribution < -0.4 is 0 Å². The quantitative estimate of drug-likeness (QED) is 0.127. The van der Waals surface area contributed by atoms with Crippen molar-refractivity contribution in [1.29, 1.82) is 0 Å². The Morgan fingerprint density at radius 3 is 1.82 bits per heavy atom. The van der Waals surface area contributed by atoms with Crippen LogP contribution in [0.15, 0.2) is 96.1 Å². The molecule has 0 radical (unpaired) electrons. The van der Waals surface area contributed by atoms with Crippen molar-refractivity contribution in [3.63, 3.8) is 0 Å². The van der Waals surface area contributed by atoms with Gasteiger partial charge in [-0.1, -0.05) is 96.1 Å². The van der Waals surface area contributed by atoms with Gasteiger partial charge in [-0.2, -0.15) is 0 Å². The van der Waals surface area contributed by atoms with E-state index >= 15 is 0 Å². The van der Waals surface area contributed by atoms with Crippen molar-refractivity contribution >= 4 is 5.97 Å². The minimum Gasteiger partial charge on any atom is -0.462 e. The van der Waals surface area contributed by atoms with Gasteiger partial charge >= 0.3 is 5.97 Å². The molecular formula is C30H33N3O5. The third kappa shape index (κ3) is 7.91. The maximum atomic E-state index is 12.0. The SMILES string of the molecule is CC(=O)O[C@@H]1C[C@H](COCc2ccccc2)[C@@H](OCc2ccccc2)[C@H](OCc2ccccc2)[C@H]1N=[N+]=[N-]. The van der Waals surface area contributed by atoms with Gasteiger partial charge in [0.2, 0.25) is 0 Å². The van der Waals surface area contributed by atoms with Gasteiger partial charge in [-0.15, -0.1) is 0 Å². The minimum absolute atomic E-state index is 0.169. The lowest BCUT2D eigenvalue weighted by atomic mass is 9.79. The lowest BCUT2D eigenvalue weighted by Gasteiger charge is -2.44. The first-order valence-electron chi connectivity index (χ1n) is 12.8. The monoisotopic (exact) mass is 515 g/mol. The molecule has 198 valence electrons. The summed E-state index contributed by atoms with van der Waals surface area (Å²) in [6, 6.07) is 28.8. The summed E-state index contributed by atoms with van der Waals surface area (Å²) in [5.41, 5.74) is 12.4. The highest BCUT2D eigenvalue weighted by molar-refractivity contribution is 5.66. The average Bonchev–Trinajstić information content (AvgIpc) is 2.94. The van der Waals surface area contributed by atoms with Crippen LogP contribution in [0.2, 0.25) is 0 Å². The molecule has 0 bridgehead atoms. The second kappa shape index (κ2) is 14.3. The third-order valence-corrected chi connectivity index (χ3v) is 6.56. The summed E-state index contributed by atoms with van der Waals surface area (Å²) in [7, 11) is 0. The molecule has 0 unspecified atom stereocenters. The molecule has 1 saturated carbocycles. The summed E-state index contributed by atoms with van der Waals surface area (Å²) in [5.74, 6) is -0.611. The molecule has 5 atom stereocenters. The van der Waals surface area contributed by atoms with E-state index in [-0.39, 0.29) is 5.92 Å². The van der Waals surface area contributed by atoms with E-state index in [0.29, 0.717) is 32.8 Å². The first-order valence-corrected chi connectivity index (χ1v) is 12.8. The third-order valence-electron chi connectivity index (χ3n) is 6.56. The van der Waals surface area contributed by atoms with Crippen LogP contribution in [-0.2, 0) is 43.6 Å². The second-order valence-corrected chi connectivity index (χ2v) is 9.36. The molecule has 0 heterocycles. The van der Waals surface area contributed by atoms with E-state index in [9.17, 15) is 10.3 Å². The summed E-state index contributed by atoms with van der Waals surface area (Å²) in [6.45, 7) is 2.80. The van der Waals surface area contributed by atoms with E-state index in [1.165, 1.54) is 6.92 Å². The number of nitrogens with zero attached hydrogens (tertiary/aromatic N) is 3. The molecule has 1 aliphatic carbocycles. The van der Waals surface area contributed by atoms with Gasteiger partial charge in [-0.3, -0.25) is 4.79 Å². The summed E-state index contributed by atoms with van der Waals surface area (Å²) < 4.78 is 24.7. The zero-order valence-electron chi connectivity index (χ0n) is 21.5. The summed E-state index contributed by atoms with van der Waals surface area (Å²) >= 11 is 0. The van der Waals surface area contributed by atoms with E-state index in [1.54, 1.807) is 0 Å². The summed E-state index contributed by atoms with van der Waals surface area (Å²) in [4.78, 5) is 15.1. The Morgan fingerprint density at radius 2 is 1.32 bits per heavy atom. The number of esters is 1. The van der Waals surface area contributed by atoms with Crippen LogP contribution in [0.5, 0.6) is 0 Å². The lowest BCUT2D eigenvalue weighted by Crippen LogP contribution is -2.56.